The fourth-order valence-electron chi connectivity index (χ4n) is 3.30. The van der Waals surface area contributed by atoms with Gasteiger partial charge in [-0.2, -0.15) is 0 Å². The minimum absolute atomic E-state index is 0.152. The highest BCUT2D eigenvalue weighted by atomic mass is 16.5. The number of para-hydroxylation sites is 2. The van der Waals surface area contributed by atoms with E-state index in [0.29, 0.717) is 22.2 Å². The number of carbonyl (C=O) groups is 3. The first kappa shape index (κ1) is 16.0. The number of amides is 2. The summed E-state index contributed by atoms with van der Waals surface area (Å²) >= 11 is 0. The number of aromatic nitrogens is 1. The molecule has 26 heavy (non-hydrogen) atoms. The number of pyridine rings is 1. The lowest BCUT2D eigenvalue weighted by Crippen LogP contribution is -2.31. The molecule has 0 saturated heterocycles. The van der Waals surface area contributed by atoms with Crippen molar-refractivity contribution in [3.05, 3.63) is 70.9 Å². The van der Waals surface area contributed by atoms with Crippen molar-refractivity contribution in [1.82, 2.24) is 4.98 Å². The van der Waals surface area contributed by atoms with Crippen LogP contribution in [0, 0.1) is 6.92 Å². The van der Waals surface area contributed by atoms with E-state index < -0.39 is 17.8 Å². The van der Waals surface area contributed by atoms with Gasteiger partial charge in [0.25, 0.3) is 11.8 Å². The third-order valence-corrected chi connectivity index (χ3v) is 4.46. The second-order valence-corrected chi connectivity index (χ2v) is 5.92. The molecular weight excluding hydrogens is 332 g/mol. The molecule has 0 saturated carbocycles. The van der Waals surface area contributed by atoms with Crippen LogP contribution < -0.4 is 4.90 Å². The van der Waals surface area contributed by atoms with Crippen LogP contribution in [0.5, 0.6) is 0 Å². The number of fused-ring (bicyclic) bond motifs is 3. The number of benzene rings is 2. The number of hydrogen-bond acceptors (Lipinski definition) is 5. The molecule has 128 valence electrons. The van der Waals surface area contributed by atoms with Crippen LogP contribution >= 0.6 is 0 Å². The monoisotopic (exact) mass is 346 g/mol. The first-order chi connectivity index (χ1) is 12.5. The normalized spacial score (nSPS) is 13.2. The molecule has 1 aromatic heterocycles. The van der Waals surface area contributed by atoms with Crippen LogP contribution in [-0.4, -0.2) is 29.9 Å². The van der Waals surface area contributed by atoms with Crippen molar-refractivity contribution in [2.75, 3.05) is 12.0 Å². The van der Waals surface area contributed by atoms with Gasteiger partial charge < -0.3 is 4.74 Å². The molecule has 0 spiro atoms. The summed E-state index contributed by atoms with van der Waals surface area (Å²) in [6.45, 7) is 1.70. The van der Waals surface area contributed by atoms with E-state index in [4.69, 9.17) is 4.74 Å². The maximum absolute atomic E-state index is 13.2. The predicted octanol–water partition coefficient (Wildman–Crippen LogP) is 3.13. The number of methoxy groups -OCH3 is 1. The van der Waals surface area contributed by atoms with Gasteiger partial charge in [0.1, 0.15) is 0 Å². The summed E-state index contributed by atoms with van der Waals surface area (Å²) in [5.74, 6) is -1.57. The SMILES string of the molecule is COC(=O)c1ccccc1N1C(=O)c2c(C)nc3ccccc3c2C1=O. The second kappa shape index (κ2) is 5.77. The summed E-state index contributed by atoms with van der Waals surface area (Å²) in [4.78, 5) is 43.8. The molecule has 6 heteroatoms. The van der Waals surface area contributed by atoms with E-state index in [1.54, 1.807) is 43.3 Å². The summed E-state index contributed by atoms with van der Waals surface area (Å²) in [5, 5.41) is 0.615. The third-order valence-electron chi connectivity index (χ3n) is 4.46. The fourth-order valence-corrected chi connectivity index (χ4v) is 3.30. The standard InChI is InChI=1S/C20H14N2O4/c1-11-16-17(12-7-3-5-9-14(12)21-11)19(24)22(18(16)23)15-10-6-4-8-13(15)20(25)26-2/h3-10H,1-2H3. The minimum Gasteiger partial charge on any atom is -0.465 e. The van der Waals surface area contributed by atoms with E-state index in [2.05, 4.69) is 4.98 Å². The number of anilines is 1. The van der Waals surface area contributed by atoms with Gasteiger partial charge in [-0.15, -0.1) is 0 Å². The number of rotatable bonds is 2. The molecule has 4 rings (SSSR count). The average molecular weight is 346 g/mol. The predicted molar refractivity (Wildman–Crippen MR) is 95.4 cm³/mol. The highest BCUT2D eigenvalue weighted by Gasteiger charge is 2.41. The van der Waals surface area contributed by atoms with Crippen LogP contribution in [0.3, 0.4) is 0 Å². The molecule has 6 nitrogen and oxygen atoms in total. The summed E-state index contributed by atoms with van der Waals surface area (Å²) in [7, 11) is 1.25. The van der Waals surface area contributed by atoms with Crippen molar-refractivity contribution in [1.29, 1.82) is 0 Å². The van der Waals surface area contributed by atoms with E-state index in [1.807, 2.05) is 6.07 Å². The van der Waals surface area contributed by atoms with Gasteiger partial charge in [-0.05, 0) is 25.1 Å². The Bertz CT molecular complexity index is 1100. The number of hydrogen-bond donors (Lipinski definition) is 0. The lowest BCUT2D eigenvalue weighted by atomic mass is 10.0. The molecule has 0 aliphatic carbocycles. The molecule has 0 bridgehead atoms. The molecule has 1 aliphatic heterocycles. The van der Waals surface area contributed by atoms with Crippen LogP contribution in [0.1, 0.15) is 36.8 Å². The molecular formula is C20H14N2O4. The topological polar surface area (TPSA) is 76.6 Å². The van der Waals surface area contributed by atoms with Gasteiger partial charge in [-0.1, -0.05) is 30.3 Å². The molecule has 0 N–H and O–H groups in total. The Kier molecular flexibility index (Phi) is 3.54. The lowest BCUT2D eigenvalue weighted by Gasteiger charge is -2.17. The molecule has 3 aromatic rings. The quantitative estimate of drug-likeness (QED) is 0.526. The number of aryl methyl sites for hydroxylation is 1. The van der Waals surface area contributed by atoms with Crippen molar-refractivity contribution < 1.29 is 19.1 Å². The molecule has 2 amide bonds. The van der Waals surface area contributed by atoms with Crippen molar-refractivity contribution >= 4 is 34.4 Å². The Labute approximate surface area is 149 Å². The first-order valence-corrected chi connectivity index (χ1v) is 8.00. The highest BCUT2D eigenvalue weighted by Crippen LogP contribution is 2.35. The van der Waals surface area contributed by atoms with Crippen LogP contribution in [-0.2, 0) is 4.74 Å². The summed E-state index contributed by atoms with van der Waals surface area (Å²) in [6.07, 6.45) is 0. The number of ether oxygens (including phenoxy) is 1. The zero-order valence-electron chi connectivity index (χ0n) is 14.1. The molecule has 0 atom stereocenters. The van der Waals surface area contributed by atoms with Crippen molar-refractivity contribution in [2.45, 2.75) is 6.92 Å². The lowest BCUT2D eigenvalue weighted by molar-refractivity contribution is 0.0601. The molecule has 2 heterocycles. The average Bonchev–Trinajstić information content (AvgIpc) is 2.92. The van der Waals surface area contributed by atoms with E-state index >= 15 is 0 Å². The summed E-state index contributed by atoms with van der Waals surface area (Å²) < 4.78 is 4.78. The van der Waals surface area contributed by atoms with Gasteiger partial charge in [0, 0.05) is 5.39 Å². The van der Waals surface area contributed by atoms with Gasteiger partial charge in [-0.3, -0.25) is 14.6 Å². The zero-order chi connectivity index (χ0) is 18.4. The van der Waals surface area contributed by atoms with E-state index in [0.717, 1.165) is 4.90 Å². The molecule has 1 aliphatic rings. The van der Waals surface area contributed by atoms with E-state index in [9.17, 15) is 14.4 Å². The first-order valence-electron chi connectivity index (χ1n) is 8.00. The van der Waals surface area contributed by atoms with Gasteiger partial charge in [0.15, 0.2) is 0 Å². The van der Waals surface area contributed by atoms with Crippen molar-refractivity contribution in [3.63, 3.8) is 0 Å². The Morgan fingerprint density at radius 1 is 0.962 bits per heavy atom. The third kappa shape index (κ3) is 2.12. The van der Waals surface area contributed by atoms with Crippen molar-refractivity contribution in [3.8, 4) is 0 Å². The Morgan fingerprint density at radius 2 is 1.62 bits per heavy atom. The van der Waals surface area contributed by atoms with Crippen LogP contribution in [0.25, 0.3) is 10.9 Å². The smallest absolute Gasteiger partial charge is 0.339 e. The summed E-state index contributed by atoms with van der Waals surface area (Å²) in [5.41, 5.74) is 2.07. The van der Waals surface area contributed by atoms with Crippen molar-refractivity contribution in [2.24, 2.45) is 0 Å². The molecule has 2 aromatic carbocycles. The Hall–Kier alpha value is -3.54. The van der Waals surface area contributed by atoms with Crippen LogP contribution in [0.15, 0.2) is 48.5 Å². The second-order valence-electron chi connectivity index (χ2n) is 5.92. The number of nitrogens with zero attached hydrogens (tertiary/aromatic N) is 2. The Morgan fingerprint density at radius 3 is 2.38 bits per heavy atom. The number of imide groups is 1. The minimum atomic E-state index is -0.614. The van der Waals surface area contributed by atoms with Gasteiger partial charge in [0.2, 0.25) is 0 Å². The van der Waals surface area contributed by atoms with E-state index in [-0.39, 0.29) is 16.8 Å². The van der Waals surface area contributed by atoms with E-state index in [1.165, 1.54) is 13.2 Å². The number of esters is 1. The van der Waals surface area contributed by atoms with Crippen LogP contribution in [0.4, 0.5) is 5.69 Å². The Balaban J connectivity index is 1.97. The highest BCUT2D eigenvalue weighted by molar-refractivity contribution is 6.38. The number of carbonyl (C=O) groups excluding carboxylic acids is 3. The molecule has 0 fully saturated rings. The molecule has 0 unspecified atom stereocenters. The van der Waals surface area contributed by atoms with Gasteiger partial charge >= 0.3 is 5.97 Å². The largest absolute Gasteiger partial charge is 0.465 e. The summed E-state index contributed by atoms with van der Waals surface area (Å²) in [6, 6.07) is 13.6. The zero-order valence-corrected chi connectivity index (χ0v) is 14.1. The van der Waals surface area contributed by atoms with Gasteiger partial charge in [0.05, 0.1) is 40.7 Å². The fraction of sp³-hybridized carbons (Fsp3) is 0.100. The maximum Gasteiger partial charge on any atom is 0.339 e. The van der Waals surface area contributed by atoms with Crippen LogP contribution in [0.2, 0.25) is 0 Å². The maximum atomic E-state index is 13.2. The van der Waals surface area contributed by atoms with Gasteiger partial charge in [-0.25, -0.2) is 9.69 Å². The molecule has 0 radical (unpaired) electrons.